The monoisotopic (exact) mass is 317 g/mol. The molecule has 0 saturated heterocycles. The largest absolute Gasteiger partial charge is 0.305 e. The van der Waals surface area contributed by atoms with Gasteiger partial charge in [-0.05, 0) is 22.6 Å². The summed E-state index contributed by atoms with van der Waals surface area (Å²) < 4.78 is 2.39. The molecule has 0 radical (unpaired) electrons. The van der Waals surface area contributed by atoms with Gasteiger partial charge in [0.1, 0.15) is 12.4 Å². The summed E-state index contributed by atoms with van der Waals surface area (Å²) in [5.41, 5.74) is -0.138. The second kappa shape index (κ2) is 3.88. The van der Waals surface area contributed by atoms with Crippen molar-refractivity contribution in [3.05, 3.63) is 38.5 Å². The number of rotatable bonds is 2. The van der Waals surface area contributed by atoms with E-state index in [0.29, 0.717) is 5.95 Å². The Morgan fingerprint density at radius 2 is 2.00 bits per heavy atom. The van der Waals surface area contributed by atoms with Gasteiger partial charge in [0, 0.05) is 6.20 Å². The Morgan fingerprint density at radius 3 is 2.47 bits per heavy atom. The molecule has 2 aromatic rings. The number of nitrogens with zero attached hydrogens (tertiary/aromatic N) is 5. The molecule has 2 aromatic heterocycles. The van der Waals surface area contributed by atoms with Gasteiger partial charge in [-0.3, -0.25) is 10.1 Å². The van der Waals surface area contributed by atoms with E-state index in [2.05, 4.69) is 37.7 Å². The van der Waals surface area contributed by atoms with E-state index >= 15 is 0 Å². The van der Waals surface area contributed by atoms with Crippen molar-refractivity contribution in [1.82, 2.24) is 19.7 Å². The third-order valence-electron chi connectivity index (χ3n) is 1.59. The molecule has 76 valence electrons. The first-order valence-electron chi connectivity index (χ1n) is 3.84. The Kier molecular flexibility index (Phi) is 2.58. The standard InChI is InChI=1S/C7H4IN5O2/c8-5-1-11-12(4-5)7-9-2-6(3-10-7)13(14)15/h1-4H. The third-order valence-corrected chi connectivity index (χ3v) is 2.15. The van der Waals surface area contributed by atoms with Crippen LogP contribution in [0.1, 0.15) is 0 Å². The van der Waals surface area contributed by atoms with Gasteiger partial charge in [-0.25, -0.2) is 14.6 Å². The molecular formula is C7H4IN5O2. The smallest absolute Gasteiger partial charge is 0.258 e. The van der Waals surface area contributed by atoms with E-state index in [1.165, 1.54) is 4.68 Å². The van der Waals surface area contributed by atoms with Gasteiger partial charge >= 0.3 is 5.69 Å². The Labute approximate surface area is 97.4 Å². The molecule has 0 amide bonds. The number of nitro groups is 1. The molecule has 0 aliphatic carbocycles. The molecule has 0 atom stereocenters. The lowest BCUT2D eigenvalue weighted by Crippen LogP contribution is -2.01. The quantitative estimate of drug-likeness (QED) is 0.471. The Bertz CT molecular complexity index is 494. The summed E-state index contributed by atoms with van der Waals surface area (Å²) in [4.78, 5) is 17.5. The Hall–Kier alpha value is -1.58. The minimum absolute atomic E-state index is 0.138. The Balaban J connectivity index is 2.35. The SMILES string of the molecule is O=[N+]([O-])c1cnc(-n2cc(I)cn2)nc1. The molecule has 7 nitrogen and oxygen atoms in total. The van der Waals surface area contributed by atoms with E-state index in [9.17, 15) is 10.1 Å². The van der Waals surface area contributed by atoms with Crippen LogP contribution in [0.4, 0.5) is 5.69 Å². The fraction of sp³-hybridized carbons (Fsp3) is 0. The molecule has 0 N–H and O–H groups in total. The summed E-state index contributed by atoms with van der Waals surface area (Å²) in [7, 11) is 0. The molecule has 0 unspecified atom stereocenters. The highest BCUT2D eigenvalue weighted by Crippen LogP contribution is 2.09. The van der Waals surface area contributed by atoms with Crippen molar-refractivity contribution in [2.45, 2.75) is 0 Å². The number of hydrogen-bond acceptors (Lipinski definition) is 5. The van der Waals surface area contributed by atoms with Crippen molar-refractivity contribution in [3.63, 3.8) is 0 Å². The summed E-state index contributed by atoms with van der Waals surface area (Å²) in [5, 5.41) is 14.3. The summed E-state index contributed by atoms with van der Waals surface area (Å²) >= 11 is 2.10. The zero-order chi connectivity index (χ0) is 10.8. The maximum Gasteiger partial charge on any atom is 0.305 e. The van der Waals surface area contributed by atoms with Crippen LogP contribution in [-0.4, -0.2) is 24.7 Å². The molecule has 0 spiro atoms. The van der Waals surface area contributed by atoms with Crippen molar-refractivity contribution in [3.8, 4) is 5.95 Å². The van der Waals surface area contributed by atoms with Crippen molar-refractivity contribution in [2.75, 3.05) is 0 Å². The normalized spacial score (nSPS) is 10.2. The summed E-state index contributed by atoms with van der Waals surface area (Å²) in [6, 6.07) is 0. The number of hydrogen-bond donors (Lipinski definition) is 0. The minimum atomic E-state index is -0.545. The van der Waals surface area contributed by atoms with Gasteiger partial charge in [-0.1, -0.05) is 0 Å². The van der Waals surface area contributed by atoms with Gasteiger partial charge in [0.25, 0.3) is 5.95 Å². The molecule has 2 rings (SSSR count). The van der Waals surface area contributed by atoms with Crippen LogP contribution in [0.5, 0.6) is 0 Å². The highest BCUT2D eigenvalue weighted by atomic mass is 127. The van der Waals surface area contributed by atoms with Gasteiger partial charge in [-0.2, -0.15) is 5.10 Å². The molecule has 0 fully saturated rings. The van der Waals surface area contributed by atoms with Crippen LogP contribution in [0.25, 0.3) is 5.95 Å². The topological polar surface area (TPSA) is 86.7 Å². The van der Waals surface area contributed by atoms with Gasteiger partial charge in [0.15, 0.2) is 0 Å². The summed E-state index contributed by atoms with van der Waals surface area (Å²) in [6.45, 7) is 0. The summed E-state index contributed by atoms with van der Waals surface area (Å²) in [5.74, 6) is 0.309. The second-order valence-corrected chi connectivity index (χ2v) is 3.85. The lowest BCUT2D eigenvalue weighted by Gasteiger charge is -1.96. The minimum Gasteiger partial charge on any atom is -0.258 e. The van der Waals surface area contributed by atoms with Crippen molar-refractivity contribution >= 4 is 28.3 Å². The molecule has 0 saturated carbocycles. The van der Waals surface area contributed by atoms with E-state index < -0.39 is 4.92 Å². The molecule has 0 bridgehead atoms. The lowest BCUT2D eigenvalue weighted by atomic mass is 10.5. The van der Waals surface area contributed by atoms with E-state index in [4.69, 9.17) is 0 Å². The van der Waals surface area contributed by atoms with Crippen molar-refractivity contribution in [1.29, 1.82) is 0 Å². The lowest BCUT2D eigenvalue weighted by molar-refractivity contribution is -0.385. The fourth-order valence-electron chi connectivity index (χ4n) is 0.937. The van der Waals surface area contributed by atoms with E-state index in [-0.39, 0.29) is 5.69 Å². The van der Waals surface area contributed by atoms with Gasteiger partial charge in [0.2, 0.25) is 0 Å². The van der Waals surface area contributed by atoms with E-state index in [1.54, 1.807) is 12.4 Å². The first kappa shape index (κ1) is 9.96. The molecule has 15 heavy (non-hydrogen) atoms. The van der Waals surface area contributed by atoms with Crippen molar-refractivity contribution in [2.24, 2.45) is 0 Å². The van der Waals surface area contributed by atoms with Gasteiger partial charge in [-0.15, -0.1) is 0 Å². The van der Waals surface area contributed by atoms with Crippen LogP contribution < -0.4 is 0 Å². The van der Waals surface area contributed by atoms with Crippen LogP contribution in [0, 0.1) is 13.7 Å². The molecule has 0 aliphatic rings. The zero-order valence-corrected chi connectivity index (χ0v) is 9.40. The fourth-order valence-corrected chi connectivity index (χ4v) is 1.33. The highest BCUT2D eigenvalue weighted by Gasteiger charge is 2.08. The van der Waals surface area contributed by atoms with Gasteiger partial charge in [0.05, 0.1) is 14.7 Å². The van der Waals surface area contributed by atoms with E-state index in [1.807, 2.05) is 0 Å². The third kappa shape index (κ3) is 2.09. The van der Waals surface area contributed by atoms with Gasteiger partial charge < -0.3 is 0 Å². The predicted molar refractivity (Wildman–Crippen MR) is 58.5 cm³/mol. The first-order chi connectivity index (χ1) is 7.16. The van der Waals surface area contributed by atoms with E-state index in [0.717, 1.165) is 16.0 Å². The molecular weight excluding hydrogens is 313 g/mol. The Morgan fingerprint density at radius 1 is 1.33 bits per heavy atom. The summed E-state index contributed by atoms with van der Waals surface area (Å²) in [6.07, 6.45) is 5.67. The molecule has 2 heterocycles. The maximum absolute atomic E-state index is 10.4. The zero-order valence-electron chi connectivity index (χ0n) is 7.24. The molecule has 0 aliphatic heterocycles. The first-order valence-corrected chi connectivity index (χ1v) is 4.91. The van der Waals surface area contributed by atoms with Crippen LogP contribution in [0.3, 0.4) is 0 Å². The number of halogens is 1. The van der Waals surface area contributed by atoms with Crippen LogP contribution in [0.2, 0.25) is 0 Å². The molecule has 8 heteroatoms. The average Bonchev–Trinajstić information content (AvgIpc) is 2.65. The van der Waals surface area contributed by atoms with Crippen LogP contribution in [0.15, 0.2) is 24.8 Å². The van der Waals surface area contributed by atoms with Crippen LogP contribution in [-0.2, 0) is 0 Å². The average molecular weight is 317 g/mol. The van der Waals surface area contributed by atoms with Crippen molar-refractivity contribution < 1.29 is 4.92 Å². The molecule has 0 aromatic carbocycles. The van der Waals surface area contributed by atoms with Crippen LogP contribution >= 0.6 is 22.6 Å². The maximum atomic E-state index is 10.4. The highest BCUT2D eigenvalue weighted by molar-refractivity contribution is 14.1. The second-order valence-electron chi connectivity index (χ2n) is 2.60. The predicted octanol–water partition coefficient (Wildman–Crippen LogP) is 1.18. The number of aromatic nitrogens is 4.